The van der Waals surface area contributed by atoms with Gasteiger partial charge in [-0.2, -0.15) is 5.26 Å². The Morgan fingerprint density at radius 1 is 1.57 bits per heavy atom. The fourth-order valence-corrected chi connectivity index (χ4v) is 1.62. The summed E-state index contributed by atoms with van der Waals surface area (Å²) in [6.07, 6.45) is 1.26. The molecule has 1 aromatic heterocycles. The van der Waals surface area contributed by atoms with Crippen LogP contribution >= 0.6 is 0 Å². The van der Waals surface area contributed by atoms with Crippen LogP contribution in [0, 0.1) is 11.3 Å². The van der Waals surface area contributed by atoms with Gasteiger partial charge < -0.3 is 5.21 Å². The van der Waals surface area contributed by atoms with Crippen LogP contribution in [0.4, 0.5) is 0 Å². The average molecular weight is 211 g/mol. The summed E-state index contributed by atoms with van der Waals surface area (Å²) in [5, 5.41) is 17.7. The molecule has 0 aliphatic carbocycles. The van der Waals surface area contributed by atoms with Crippen molar-refractivity contribution in [1.82, 2.24) is 4.98 Å². The second-order valence-corrected chi connectivity index (χ2v) is 4.00. The van der Waals surface area contributed by atoms with Crippen LogP contribution in [0.2, 0.25) is 0 Å². The first-order valence-electron chi connectivity index (χ1n) is 3.41. The van der Waals surface area contributed by atoms with E-state index in [2.05, 4.69) is 10.1 Å². The molecule has 7 heteroatoms. The quantitative estimate of drug-likeness (QED) is 0.308. The second kappa shape index (κ2) is 3.85. The van der Waals surface area contributed by atoms with Gasteiger partial charge in [-0.3, -0.25) is 0 Å². The van der Waals surface area contributed by atoms with Gasteiger partial charge in [-0.1, -0.05) is 11.2 Å². The largest absolute Gasteiger partial charge is 0.409 e. The van der Waals surface area contributed by atoms with Crippen LogP contribution in [0.1, 0.15) is 0 Å². The first kappa shape index (κ1) is 10.1. The molecule has 6 nitrogen and oxygen atoms in total. The topological polar surface area (TPSA) is 103 Å². The van der Waals surface area contributed by atoms with Crippen molar-refractivity contribution in [3.05, 3.63) is 24.4 Å². The fraction of sp³-hybridized carbons (Fsp3) is 0. The number of nitrogens with zero attached hydrogens (tertiary/aromatic N) is 3. The first-order chi connectivity index (χ1) is 6.62. The molecule has 0 saturated heterocycles. The summed E-state index contributed by atoms with van der Waals surface area (Å²) in [7, 11) is -4.07. The molecule has 0 aliphatic heterocycles. The lowest BCUT2D eigenvalue weighted by Crippen LogP contribution is -2.14. The van der Waals surface area contributed by atoms with Crippen LogP contribution < -0.4 is 0 Å². The van der Waals surface area contributed by atoms with Gasteiger partial charge in [-0.25, -0.2) is 13.4 Å². The lowest BCUT2D eigenvalue weighted by Gasteiger charge is -1.97. The van der Waals surface area contributed by atoms with E-state index in [-0.39, 0.29) is 5.03 Å². The van der Waals surface area contributed by atoms with Crippen molar-refractivity contribution < 1.29 is 13.6 Å². The molecular weight excluding hydrogens is 206 g/mol. The zero-order chi connectivity index (χ0) is 10.6. The van der Waals surface area contributed by atoms with E-state index in [1.807, 2.05) is 0 Å². The number of aromatic nitrogens is 1. The van der Waals surface area contributed by atoms with Gasteiger partial charge in [-0.15, -0.1) is 0 Å². The minimum absolute atomic E-state index is 0.325. The van der Waals surface area contributed by atoms with Crippen LogP contribution in [-0.2, 0) is 9.84 Å². The maximum Gasteiger partial charge on any atom is 0.276 e. The van der Waals surface area contributed by atoms with E-state index in [9.17, 15) is 8.42 Å². The van der Waals surface area contributed by atoms with Gasteiger partial charge in [0.1, 0.15) is 6.07 Å². The third kappa shape index (κ3) is 1.70. The molecular formula is C7H5N3O3S. The highest BCUT2D eigenvalue weighted by Gasteiger charge is 2.24. The van der Waals surface area contributed by atoms with E-state index >= 15 is 0 Å². The molecule has 72 valence electrons. The smallest absolute Gasteiger partial charge is 0.276 e. The normalized spacial score (nSPS) is 12.1. The molecule has 1 aromatic rings. The van der Waals surface area contributed by atoms with Crippen molar-refractivity contribution in [3.8, 4) is 6.07 Å². The summed E-state index contributed by atoms with van der Waals surface area (Å²) in [5.74, 6) is 0. The maximum atomic E-state index is 11.4. The van der Waals surface area contributed by atoms with Gasteiger partial charge in [0, 0.05) is 6.20 Å². The van der Waals surface area contributed by atoms with Gasteiger partial charge in [0.25, 0.3) is 14.9 Å². The minimum atomic E-state index is -4.07. The summed E-state index contributed by atoms with van der Waals surface area (Å²) in [5.41, 5.74) is 0. The number of oxime groups is 1. The fourth-order valence-electron chi connectivity index (χ4n) is 0.741. The average Bonchev–Trinajstić information content (AvgIpc) is 2.20. The maximum absolute atomic E-state index is 11.4. The zero-order valence-electron chi connectivity index (χ0n) is 6.82. The Balaban J connectivity index is 3.32. The molecule has 0 aromatic carbocycles. The number of sulfone groups is 1. The van der Waals surface area contributed by atoms with Crippen molar-refractivity contribution in [2.75, 3.05) is 0 Å². The Hall–Kier alpha value is -1.94. The molecule has 0 unspecified atom stereocenters. The lowest BCUT2D eigenvalue weighted by molar-refractivity contribution is 0.321. The van der Waals surface area contributed by atoms with Crippen LogP contribution in [0.5, 0.6) is 0 Å². The molecule has 0 amide bonds. The molecule has 1 rings (SSSR count). The zero-order valence-corrected chi connectivity index (χ0v) is 7.64. The Kier molecular flexibility index (Phi) is 2.79. The van der Waals surface area contributed by atoms with Gasteiger partial charge >= 0.3 is 0 Å². The van der Waals surface area contributed by atoms with Crippen molar-refractivity contribution >= 4 is 14.9 Å². The number of pyridine rings is 1. The van der Waals surface area contributed by atoms with Gasteiger partial charge in [0.15, 0.2) is 5.03 Å². The Morgan fingerprint density at radius 2 is 2.29 bits per heavy atom. The molecule has 1 heterocycles. The van der Waals surface area contributed by atoms with Crippen molar-refractivity contribution in [2.24, 2.45) is 5.16 Å². The van der Waals surface area contributed by atoms with Crippen molar-refractivity contribution in [1.29, 1.82) is 5.26 Å². The van der Waals surface area contributed by atoms with Crippen LogP contribution in [0.15, 0.2) is 34.6 Å². The number of rotatable bonds is 1. The SMILES string of the molecule is N#C/C(=N\O)S(=O)(=O)c1ccccn1. The lowest BCUT2D eigenvalue weighted by atomic mass is 10.5. The number of hydrogen-bond acceptors (Lipinski definition) is 6. The summed E-state index contributed by atoms with van der Waals surface area (Å²) >= 11 is 0. The molecule has 1 N–H and O–H groups in total. The highest BCUT2D eigenvalue weighted by Crippen LogP contribution is 2.07. The van der Waals surface area contributed by atoms with Crippen LogP contribution in [-0.4, -0.2) is 23.7 Å². The van der Waals surface area contributed by atoms with Crippen LogP contribution in [0.25, 0.3) is 0 Å². The molecule has 0 saturated carbocycles. The minimum Gasteiger partial charge on any atom is -0.409 e. The molecule has 0 fully saturated rings. The van der Waals surface area contributed by atoms with E-state index in [1.54, 1.807) is 0 Å². The van der Waals surface area contributed by atoms with E-state index < -0.39 is 14.9 Å². The monoisotopic (exact) mass is 211 g/mol. The van der Waals surface area contributed by atoms with Crippen LogP contribution in [0.3, 0.4) is 0 Å². The number of nitriles is 1. The third-order valence-corrected chi connectivity index (χ3v) is 2.83. The summed E-state index contributed by atoms with van der Waals surface area (Å²) in [4.78, 5) is 3.54. The molecule has 0 bridgehead atoms. The Labute approximate surface area is 80.0 Å². The first-order valence-corrected chi connectivity index (χ1v) is 4.89. The second-order valence-electron chi connectivity index (χ2n) is 2.19. The molecule has 0 radical (unpaired) electrons. The van der Waals surface area contributed by atoms with Gasteiger partial charge in [0.05, 0.1) is 0 Å². The summed E-state index contributed by atoms with van der Waals surface area (Å²) < 4.78 is 22.8. The molecule has 0 atom stereocenters. The van der Waals surface area contributed by atoms with E-state index in [1.165, 1.54) is 30.5 Å². The van der Waals surface area contributed by atoms with E-state index in [0.717, 1.165) is 0 Å². The predicted octanol–water partition coefficient (Wildman–Crippen LogP) is 0.167. The molecule has 0 aliphatic rings. The van der Waals surface area contributed by atoms with Gasteiger partial charge in [0.2, 0.25) is 0 Å². The Bertz CT molecular complexity index is 487. The van der Waals surface area contributed by atoms with Gasteiger partial charge in [-0.05, 0) is 12.1 Å². The molecule has 0 spiro atoms. The van der Waals surface area contributed by atoms with E-state index in [0.29, 0.717) is 0 Å². The number of hydrogen-bond donors (Lipinski definition) is 1. The Morgan fingerprint density at radius 3 is 2.71 bits per heavy atom. The predicted molar refractivity (Wildman–Crippen MR) is 46.3 cm³/mol. The van der Waals surface area contributed by atoms with Crippen molar-refractivity contribution in [3.63, 3.8) is 0 Å². The molecule has 14 heavy (non-hydrogen) atoms. The third-order valence-electron chi connectivity index (χ3n) is 1.35. The van der Waals surface area contributed by atoms with Crippen molar-refractivity contribution in [2.45, 2.75) is 5.03 Å². The highest BCUT2D eigenvalue weighted by atomic mass is 32.2. The summed E-state index contributed by atoms with van der Waals surface area (Å²) in [6, 6.07) is 5.45. The standard InChI is InChI=1S/C7H5N3O3S/c8-5-7(10-11)14(12,13)6-3-1-2-4-9-6/h1-4,11H/b10-7+. The van der Waals surface area contributed by atoms with E-state index in [4.69, 9.17) is 10.5 Å². The highest BCUT2D eigenvalue weighted by molar-refractivity contribution is 8.07. The summed E-state index contributed by atoms with van der Waals surface area (Å²) in [6.45, 7) is 0.